The van der Waals surface area contributed by atoms with E-state index in [1.165, 1.54) is 0 Å². The first-order chi connectivity index (χ1) is 10.3. The van der Waals surface area contributed by atoms with Crippen molar-refractivity contribution in [3.05, 3.63) is 64.6 Å². The third-order valence-corrected chi connectivity index (χ3v) is 4.02. The van der Waals surface area contributed by atoms with Crippen LogP contribution < -0.4 is 10.1 Å². The van der Waals surface area contributed by atoms with Gasteiger partial charge in [0, 0.05) is 22.0 Å². The molecule has 3 rings (SSSR count). The van der Waals surface area contributed by atoms with Crippen LogP contribution in [0.5, 0.6) is 5.75 Å². The number of rotatable bonds is 4. The number of nitrogens with zero attached hydrogens (tertiary/aromatic N) is 1. The van der Waals surface area contributed by atoms with Crippen LogP contribution in [-0.4, -0.2) is 12.1 Å². The molecule has 0 saturated carbocycles. The number of anilines is 1. The van der Waals surface area contributed by atoms with Gasteiger partial charge in [-0.3, -0.25) is 0 Å². The van der Waals surface area contributed by atoms with Gasteiger partial charge in [-0.05, 0) is 30.3 Å². The van der Waals surface area contributed by atoms with Gasteiger partial charge in [-0.2, -0.15) is 0 Å². The Morgan fingerprint density at radius 1 is 1.05 bits per heavy atom. The fraction of sp³-hybridized carbons (Fsp3) is 0.118. The zero-order valence-electron chi connectivity index (χ0n) is 11.6. The Hall–Kier alpha value is -2.07. The summed E-state index contributed by atoms with van der Waals surface area (Å²) in [4.78, 5) is 4.62. The molecule has 4 heteroatoms. The first-order valence-corrected chi connectivity index (χ1v) is 7.48. The van der Waals surface area contributed by atoms with Crippen molar-refractivity contribution >= 4 is 32.7 Å². The topological polar surface area (TPSA) is 34.1 Å². The molecule has 1 N–H and O–H groups in total. The van der Waals surface area contributed by atoms with Gasteiger partial charge >= 0.3 is 0 Å². The van der Waals surface area contributed by atoms with Crippen molar-refractivity contribution in [1.82, 2.24) is 4.98 Å². The summed E-state index contributed by atoms with van der Waals surface area (Å²) in [6, 6.07) is 18.0. The fourth-order valence-electron chi connectivity index (χ4n) is 2.25. The number of ether oxygens (including phenoxy) is 1. The lowest BCUT2D eigenvalue weighted by molar-refractivity contribution is 0.410. The number of pyridine rings is 1. The zero-order valence-corrected chi connectivity index (χ0v) is 13.2. The van der Waals surface area contributed by atoms with E-state index in [4.69, 9.17) is 4.74 Å². The number of fused-ring (bicyclic) bond motifs is 1. The molecular weight excluding hydrogens is 328 g/mol. The molecule has 1 aromatic heterocycles. The first kappa shape index (κ1) is 13.9. The average Bonchev–Trinajstić information content (AvgIpc) is 2.53. The van der Waals surface area contributed by atoms with Gasteiger partial charge in [0.2, 0.25) is 0 Å². The number of halogens is 1. The van der Waals surface area contributed by atoms with Crippen LogP contribution in [0.25, 0.3) is 10.9 Å². The predicted molar refractivity (Wildman–Crippen MR) is 89.8 cm³/mol. The van der Waals surface area contributed by atoms with Gasteiger partial charge in [0.25, 0.3) is 0 Å². The molecule has 0 atom stereocenters. The van der Waals surface area contributed by atoms with Crippen LogP contribution in [0.4, 0.5) is 5.82 Å². The van der Waals surface area contributed by atoms with E-state index >= 15 is 0 Å². The van der Waals surface area contributed by atoms with Crippen LogP contribution >= 0.6 is 15.9 Å². The maximum absolute atomic E-state index is 5.35. The van der Waals surface area contributed by atoms with Crippen molar-refractivity contribution in [2.45, 2.75) is 6.54 Å². The highest BCUT2D eigenvalue weighted by Gasteiger charge is 2.04. The highest BCUT2D eigenvalue weighted by atomic mass is 79.9. The molecule has 0 bridgehead atoms. The summed E-state index contributed by atoms with van der Waals surface area (Å²) in [6.45, 7) is 0.677. The van der Waals surface area contributed by atoms with Crippen LogP contribution in [0, 0.1) is 0 Å². The van der Waals surface area contributed by atoms with E-state index in [1.807, 2.05) is 48.5 Å². The van der Waals surface area contributed by atoms with E-state index in [0.29, 0.717) is 6.54 Å². The normalized spacial score (nSPS) is 10.6. The number of hydrogen-bond acceptors (Lipinski definition) is 3. The molecule has 1 heterocycles. The number of methoxy groups -OCH3 is 1. The molecule has 3 nitrogen and oxygen atoms in total. The minimum absolute atomic E-state index is 0.677. The van der Waals surface area contributed by atoms with Crippen molar-refractivity contribution in [1.29, 1.82) is 0 Å². The van der Waals surface area contributed by atoms with Crippen molar-refractivity contribution in [3.63, 3.8) is 0 Å². The van der Waals surface area contributed by atoms with Crippen molar-refractivity contribution in [2.75, 3.05) is 12.4 Å². The molecule has 0 aliphatic carbocycles. The van der Waals surface area contributed by atoms with Gasteiger partial charge in [0.05, 0.1) is 12.6 Å². The molecule has 2 aromatic carbocycles. The largest absolute Gasteiger partial charge is 0.496 e. The Morgan fingerprint density at radius 2 is 1.90 bits per heavy atom. The third-order valence-electron chi connectivity index (χ3n) is 3.33. The maximum atomic E-state index is 5.35. The second-order valence-corrected chi connectivity index (χ2v) is 5.52. The lowest BCUT2D eigenvalue weighted by Gasteiger charge is -2.10. The van der Waals surface area contributed by atoms with E-state index in [2.05, 4.69) is 32.3 Å². The number of hydrogen-bond donors (Lipinski definition) is 1. The fourth-order valence-corrected chi connectivity index (χ4v) is 2.74. The second-order valence-electron chi connectivity index (χ2n) is 4.67. The van der Waals surface area contributed by atoms with E-state index in [0.717, 1.165) is 32.5 Å². The van der Waals surface area contributed by atoms with E-state index in [9.17, 15) is 0 Å². The molecule has 106 valence electrons. The molecule has 0 fully saturated rings. The molecule has 0 aliphatic heterocycles. The summed E-state index contributed by atoms with van der Waals surface area (Å²) in [5.41, 5.74) is 2.07. The molecule has 0 unspecified atom stereocenters. The Kier molecular flexibility index (Phi) is 4.06. The summed E-state index contributed by atoms with van der Waals surface area (Å²) in [7, 11) is 1.69. The van der Waals surface area contributed by atoms with Gasteiger partial charge in [-0.1, -0.05) is 40.2 Å². The van der Waals surface area contributed by atoms with Crippen molar-refractivity contribution < 1.29 is 4.74 Å². The van der Waals surface area contributed by atoms with Crippen LogP contribution in [0.1, 0.15) is 5.56 Å². The van der Waals surface area contributed by atoms with E-state index < -0.39 is 0 Å². The van der Waals surface area contributed by atoms with Crippen LogP contribution in [0.15, 0.2) is 59.1 Å². The Labute approximate surface area is 132 Å². The van der Waals surface area contributed by atoms with Gasteiger partial charge in [0.1, 0.15) is 11.6 Å². The van der Waals surface area contributed by atoms with Crippen LogP contribution in [-0.2, 0) is 6.54 Å². The highest BCUT2D eigenvalue weighted by Crippen LogP contribution is 2.24. The van der Waals surface area contributed by atoms with Gasteiger partial charge < -0.3 is 10.1 Å². The SMILES string of the molecule is COc1ccccc1CNc1ccc2c(Br)cccc2n1. The molecule has 21 heavy (non-hydrogen) atoms. The first-order valence-electron chi connectivity index (χ1n) is 6.69. The lowest BCUT2D eigenvalue weighted by atomic mass is 10.2. The summed E-state index contributed by atoms with van der Waals surface area (Å²) in [5, 5.41) is 4.45. The van der Waals surface area contributed by atoms with E-state index in [-0.39, 0.29) is 0 Å². The van der Waals surface area contributed by atoms with E-state index in [1.54, 1.807) is 7.11 Å². The van der Waals surface area contributed by atoms with Crippen LogP contribution in [0.3, 0.4) is 0 Å². The van der Waals surface area contributed by atoms with Gasteiger partial charge in [0.15, 0.2) is 0 Å². The standard InChI is InChI=1S/C17H15BrN2O/c1-21-16-8-3-2-5-12(16)11-19-17-10-9-13-14(18)6-4-7-15(13)20-17/h2-10H,11H2,1H3,(H,19,20). The second kappa shape index (κ2) is 6.14. The smallest absolute Gasteiger partial charge is 0.126 e. The molecule has 0 saturated heterocycles. The van der Waals surface area contributed by atoms with Gasteiger partial charge in [-0.25, -0.2) is 4.98 Å². The average molecular weight is 343 g/mol. The summed E-state index contributed by atoms with van der Waals surface area (Å²) >= 11 is 3.54. The third kappa shape index (κ3) is 3.00. The molecule has 0 aliphatic rings. The Morgan fingerprint density at radius 3 is 2.76 bits per heavy atom. The van der Waals surface area contributed by atoms with Crippen molar-refractivity contribution in [2.24, 2.45) is 0 Å². The monoisotopic (exact) mass is 342 g/mol. The molecule has 0 radical (unpaired) electrons. The number of aromatic nitrogens is 1. The Bertz CT molecular complexity index is 774. The Balaban J connectivity index is 1.82. The maximum Gasteiger partial charge on any atom is 0.126 e. The minimum Gasteiger partial charge on any atom is -0.496 e. The molecule has 0 spiro atoms. The summed E-state index contributed by atoms with van der Waals surface area (Å²) < 4.78 is 6.41. The van der Waals surface area contributed by atoms with Gasteiger partial charge in [-0.15, -0.1) is 0 Å². The number of nitrogens with one attached hydrogen (secondary N) is 1. The summed E-state index contributed by atoms with van der Waals surface area (Å²) in [6.07, 6.45) is 0. The summed E-state index contributed by atoms with van der Waals surface area (Å²) in [5.74, 6) is 1.74. The predicted octanol–water partition coefficient (Wildman–Crippen LogP) is 4.62. The molecule has 0 amide bonds. The minimum atomic E-state index is 0.677. The lowest BCUT2D eigenvalue weighted by Crippen LogP contribution is -2.03. The quantitative estimate of drug-likeness (QED) is 0.751. The zero-order chi connectivity index (χ0) is 14.7. The highest BCUT2D eigenvalue weighted by molar-refractivity contribution is 9.10. The molecule has 3 aromatic rings. The molecular formula is C17H15BrN2O. The number of benzene rings is 2. The number of para-hydroxylation sites is 1. The van der Waals surface area contributed by atoms with Crippen LogP contribution in [0.2, 0.25) is 0 Å². The van der Waals surface area contributed by atoms with Crippen molar-refractivity contribution in [3.8, 4) is 5.75 Å².